The highest BCUT2D eigenvalue weighted by atomic mass is 16.2. The topological polar surface area (TPSA) is 85.7 Å². The number of rotatable bonds is 2. The van der Waals surface area contributed by atoms with Crippen molar-refractivity contribution >= 4 is 5.91 Å². The van der Waals surface area contributed by atoms with Gasteiger partial charge >= 0.3 is 0 Å². The molecule has 0 N–H and O–H groups in total. The minimum atomic E-state index is -0.502. The molecule has 1 aliphatic heterocycles. The Balaban J connectivity index is 2.20. The van der Waals surface area contributed by atoms with E-state index in [1.54, 1.807) is 6.92 Å². The number of aromatic nitrogens is 2. The third kappa shape index (κ3) is 2.65. The van der Waals surface area contributed by atoms with Crippen LogP contribution in [0.5, 0.6) is 0 Å². The Morgan fingerprint density at radius 3 is 2.45 bits per heavy atom. The van der Waals surface area contributed by atoms with Gasteiger partial charge < -0.3 is 9.47 Å². The molecule has 1 aliphatic rings. The Morgan fingerprint density at radius 2 is 1.90 bits per heavy atom. The highest BCUT2D eigenvalue weighted by molar-refractivity contribution is 5.80. The van der Waals surface area contributed by atoms with Crippen LogP contribution in [0.4, 0.5) is 0 Å². The average molecular weight is 271 g/mol. The van der Waals surface area contributed by atoms with Crippen LogP contribution < -0.4 is 0 Å². The molecule has 2 heterocycles. The third-order valence-corrected chi connectivity index (χ3v) is 3.70. The van der Waals surface area contributed by atoms with E-state index < -0.39 is 6.04 Å². The molecule has 1 saturated heterocycles. The van der Waals surface area contributed by atoms with Crippen molar-refractivity contribution in [1.29, 1.82) is 10.5 Å². The fraction of sp³-hybridized carbons (Fsp3) is 0.571. The van der Waals surface area contributed by atoms with Gasteiger partial charge in [0.15, 0.2) is 11.4 Å². The summed E-state index contributed by atoms with van der Waals surface area (Å²) in [5.74, 6) is -0.00899. The van der Waals surface area contributed by atoms with E-state index in [1.807, 2.05) is 17.0 Å². The summed E-state index contributed by atoms with van der Waals surface area (Å²) in [5, 5.41) is 18.0. The molecule has 1 aromatic rings. The summed E-state index contributed by atoms with van der Waals surface area (Å²) in [6.45, 7) is 3.28. The zero-order chi connectivity index (χ0) is 14.5. The number of nitrogens with zero attached hydrogens (tertiary/aromatic N) is 5. The van der Waals surface area contributed by atoms with E-state index in [0.717, 1.165) is 38.8 Å². The van der Waals surface area contributed by atoms with Crippen molar-refractivity contribution < 1.29 is 4.79 Å². The van der Waals surface area contributed by atoms with Crippen LogP contribution in [0.15, 0.2) is 6.33 Å². The summed E-state index contributed by atoms with van der Waals surface area (Å²) in [7, 11) is 0. The van der Waals surface area contributed by atoms with Crippen molar-refractivity contribution in [1.82, 2.24) is 14.5 Å². The zero-order valence-electron chi connectivity index (χ0n) is 11.5. The van der Waals surface area contributed by atoms with E-state index in [2.05, 4.69) is 4.98 Å². The van der Waals surface area contributed by atoms with Crippen LogP contribution >= 0.6 is 0 Å². The Kier molecular flexibility index (Phi) is 4.37. The van der Waals surface area contributed by atoms with Crippen molar-refractivity contribution in [3.05, 3.63) is 17.7 Å². The summed E-state index contributed by atoms with van der Waals surface area (Å²) in [5.41, 5.74) is 0.228. The third-order valence-electron chi connectivity index (χ3n) is 3.70. The molecular weight excluding hydrogens is 254 g/mol. The van der Waals surface area contributed by atoms with Gasteiger partial charge in [-0.05, 0) is 19.8 Å². The molecule has 1 amide bonds. The maximum atomic E-state index is 12.5. The summed E-state index contributed by atoms with van der Waals surface area (Å²) in [6, 6.07) is 3.32. The van der Waals surface area contributed by atoms with Crippen LogP contribution in [0, 0.1) is 22.7 Å². The highest BCUT2D eigenvalue weighted by Crippen LogP contribution is 2.18. The number of likely N-dealkylation sites (tertiary alicyclic amines) is 1. The molecule has 2 rings (SSSR count). The summed E-state index contributed by atoms with van der Waals surface area (Å²) in [4.78, 5) is 18.2. The lowest BCUT2D eigenvalue weighted by atomic mass is 10.2. The van der Waals surface area contributed by atoms with Gasteiger partial charge in [-0.2, -0.15) is 10.5 Å². The maximum absolute atomic E-state index is 12.5. The first-order valence-corrected chi connectivity index (χ1v) is 6.85. The average Bonchev–Trinajstić information content (AvgIpc) is 2.69. The molecule has 20 heavy (non-hydrogen) atoms. The molecule has 0 radical (unpaired) electrons. The molecule has 1 aromatic heterocycles. The van der Waals surface area contributed by atoms with Crippen LogP contribution in [-0.2, 0) is 4.79 Å². The van der Waals surface area contributed by atoms with Crippen molar-refractivity contribution in [2.75, 3.05) is 13.1 Å². The molecular formula is C14H17N5O. The van der Waals surface area contributed by atoms with E-state index >= 15 is 0 Å². The van der Waals surface area contributed by atoms with Gasteiger partial charge in [-0.3, -0.25) is 4.79 Å². The van der Waals surface area contributed by atoms with E-state index in [4.69, 9.17) is 10.5 Å². The minimum Gasteiger partial charge on any atom is -0.341 e. The lowest BCUT2D eigenvalue weighted by Gasteiger charge is -2.25. The van der Waals surface area contributed by atoms with Crippen LogP contribution in [-0.4, -0.2) is 33.4 Å². The summed E-state index contributed by atoms with van der Waals surface area (Å²) >= 11 is 0. The Bertz CT molecular complexity index is 569. The van der Waals surface area contributed by atoms with Gasteiger partial charge in [0.2, 0.25) is 5.91 Å². The number of amides is 1. The second-order valence-corrected chi connectivity index (χ2v) is 4.99. The molecule has 0 saturated carbocycles. The van der Waals surface area contributed by atoms with Crippen molar-refractivity contribution in [2.45, 2.75) is 38.6 Å². The summed E-state index contributed by atoms with van der Waals surface area (Å²) in [6.07, 6.45) is 5.77. The first kappa shape index (κ1) is 14.1. The van der Waals surface area contributed by atoms with Crippen LogP contribution in [0.3, 0.4) is 0 Å². The lowest BCUT2D eigenvalue weighted by Crippen LogP contribution is -2.37. The van der Waals surface area contributed by atoms with Gasteiger partial charge in [0.25, 0.3) is 0 Å². The quantitative estimate of drug-likeness (QED) is 0.817. The lowest BCUT2D eigenvalue weighted by molar-refractivity contribution is -0.134. The zero-order valence-corrected chi connectivity index (χ0v) is 11.5. The maximum Gasteiger partial charge on any atom is 0.245 e. The molecule has 6 nitrogen and oxygen atoms in total. The predicted octanol–water partition coefficient (Wildman–Crippen LogP) is 1.59. The number of imidazole rings is 1. The smallest absolute Gasteiger partial charge is 0.245 e. The molecule has 0 bridgehead atoms. The Labute approximate surface area is 118 Å². The number of hydrogen-bond donors (Lipinski definition) is 0. The first-order valence-electron chi connectivity index (χ1n) is 6.85. The molecule has 104 valence electrons. The second kappa shape index (κ2) is 6.21. The van der Waals surface area contributed by atoms with Gasteiger partial charge in [-0.25, -0.2) is 4.98 Å². The largest absolute Gasteiger partial charge is 0.341 e. The molecule has 0 aliphatic carbocycles. The normalized spacial score (nSPS) is 16.9. The molecule has 1 fully saturated rings. The van der Waals surface area contributed by atoms with Gasteiger partial charge in [0, 0.05) is 13.1 Å². The molecule has 0 aromatic carbocycles. The SMILES string of the molecule is CC(C(=O)N1CCCCCC1)n1cnc(C#N)c1C#N. The van der Waals surface area contributed by atoms with E-state index in [0.29, 0.717) is 0 Å². The van der Waals surface area contributed by atoms with E-state index in [1.165, 1.54) is 10.9 Å². The van der Waals surface area contributed by atoms with E-state index in [9.17, 15) is 4.79 Å². The van der Waals surface area contributed by atoms with Crippen molar-refractivity contribution in [3.63, 3.8) is 0 Å². The number of carbonyl (C=O) groups excluding carboxylic acids is 1. The number of carbonyl (C=O) groups is 1. The fourth-order valence-corrected chi connectivity index (χ4v) is 2.52. The standard InChI is InChI=1S/C14H17N5O/c1-11(14(20)18-6-4-2-3-5-7-18)19-10-17-12(8-15)13(19)9-16/h10-11H,2-7H2,1H3. The van der Waals surface area contributed by atoms with Gasteiger partial charge in [-0.1, -0.05) is 12.8 Å². The predicted molar refractivity (Wildman–Crippen MR) is 71.4 cm³/mol. The van der Waals surface area contributed by atoms with Gasteiger partial charge in [0.1, 0.15) is 18.2 Å². The van der Waals surface area contributed by atoms with E-state index in [-0.39, 0.29) is 17.3 Å². The summed E-state index contributed by atoms with van der Waals surface area (Å²) < 4.78 is 1.49. The fourth-order valence-electron chi connectivity index (χ4n) is 2.52. The van der Waals surface area contributed by atoms with Crippen molar-refractivity contribution in [2.24, 2.45) is 0 Å². The number of hydrogen-bond acceptors (Lipinski definition) is 4. The van der Waals surface area contributed by atoms with Crippen LogP contribution in [0.25, 0.3) is 0 Å². The van der Waals surface area contributed by atoms with Crippen LogP contribution in [0.1, 0.15) is 50.0 Å². The Hall–Kier alpha value is -2.34. The Morgan fingerprint density at radius 1 is 1.25 bits per heavy atom. The van der Waals surface area contributed by atoms with Gasteiger partial charge in [0.05, 0.1) is 6.33 Å². The molecule has 1 unspecified atom stereocenters. The van der Waals surface area contributed by atoms with Crippen molar-refractivity contribution in [3.8, 4) is 12.1 Å². The number of nitriles is 2. The van der Waals surface area contributed by atoms with Gasteiger partial charge in [-0.15, -0.1) is 0 Å². The monoisotopic (exact) mass is 271 g/mol. The molecule has 0 spiro atoms. The molecule has 6 heteroatoms. The minimum absolute atomic E-state index is 0.00899. The van der Waals surface area contributed by atoms with Crippen LogP contribution in [0.2, 0.25) is 0 Å². The first-order chi connectivity index (χ1) is 9.69. The molecule has 1 atom stereocenters. The highest BCUT2D eigenvalue weighted by Gasteiger charge is 2.25. The second-order valence-electron chi connectivity index (χ2n) is 4.99.